The predicted octanol–water partition coefficient (Wildman–Crippen LogP) is 1.24. The molecule has 102 valence electrons. The van der Waals surface area contributed by atoms with Crippen molar-refractivity contribution in [3.05, 3.63) is 23.9 Å². The lowest BCUT2D eigenvalue weighted by Crippen LogP contribution is -2.35. The summed E-state index contributed by atoms with van der Waals surface area (Å²) in [7, 11) is 0. The maximum Gasteiger partial charge on any atom is 0.311 e. The van der Waals surface area contributed by atoms with Crippen molar-refractivity contribution >= 4 is 17.7 Å². The zero-order valence-corrected chi connectivity index (χ0v) is 10.6. The van der Waals surface area contributed by atoms with Crippen LogP contribution in [-0.4, -0.2) is 28.5 Å². The number of aliphatic carboxylic acids is 1. The summed E-state index contributed by atoms with van der Waals surface area (Å²) in [6, 6.07) is 4.88. The zero-order valence-electron chi connectivity index (χ0n) is 10.6. The van der Waals surface area contributed by atoms with Crippen LogP contribution in [0.1, 0.15) is 36.2 Å². The molecular formula is C13H17N3O3. The van der Waals surface area contributed by atoms with Crippen LogP contribution in [0.2, 0.25) is 0 Å². The van der Waals surface area contributed by atoms with Gasteiger partial charge in [-0.15, -0.1) is 0 Å². The number of hydrogen-bond acceptors (Lipinski definition) is 4. The molecule has 0 unspecified atom stereocenters. The van der Waals surface area contributed by atoms with E-state index in [1.165, 1.54) is 6.07 Å². The van der Waals surface area contributed by atoms with Crippen LogP contribution in [0, 0.1) is 5.41 Å². The summed E-state index contributed by atoms with van der Waals surface area (Å²) in [5.41, 5.74) is 4.60. The summed E-state index contributed by atoms with van der Waals surface area (Å²) >= 11 is 0. The number of nitrogens with zero attached hydrogens (tertiary/aromatic N) is 1. The molecule has 1 aliphatic carbocycles. The highest BCUT2D eigenvalue weighted by Gasteiger charge is 2.41. The number of anilines is 1. The Kier molecular flexibility index (Phi) is 3.69. The van der Waals surface area contributed by atoms with Crippen LogP contribution in [0.4, 0.5) is 5.82 Å². The number of amides is 1. The molecule has 4 N–H and O–H groups in total. The number of aromatic nitrogens is 1. The van der Waals surface area contributed by atoms with Crippen LogP contribution in [0.3, 0.4) is 0 Å². The van der Waals surface area contributed by atoms with Gasteiger partial charge in [0.1, 0.15) is 11.5 Å². The Balaban J connectivity index is 2.07. The standard InChI is InChI=1S/C13H17N3O3/c14-11(17)9-4-3-5-10(16-9)15-8-13(12(18)19)6-1-2-7-13/h3-5H,1-2,6-8H2,(H2,14,17)(H,15,16)(H,18,19). The summed E-state index contributed by atoms with van der Waals surface area (Å²) in [4.78, 5) is 26.5. The van der Waals surface area contributed by atoms with Gasteiger partial charge in [-0.05, 0) is 25.0 Å². The van der Waals surface area contributed by atoms with Crippen molar-refractivity contribution in [1.82, 2.24) is 4.98 Å². The minimum Gasteiger partial charge on any atom is -0.481 e. The van der Waals surface area contributed by atoms with Crippen LogP contribution in [0.15, 0.2) is 18.2 Å². The van der Waals surface area contributed by atoms with E-state index in [-0.39, 0.29) is 5.69 Å². The van der Waals surface area contributed by atoms with Crippen molar-refractivity contribution in [2.75, 3.05) is 11.9 Å². The Morgan fingerprint density at radius 1 is 1.37 bits per heavy atom. The van der Waals surface area contributed by atoms with E-state index in [1.54, 1.807) is 12.1 Å². The molecule has 1 amide bonds. The summed E-state index contributed by atoms with van der Waals surface area (Å²) in [6.45, 7) is 0.317. The molecule has 1 aromatic heterocycles. The lowest BCUT2D eigenvalue weighted by atomic mass is 9.86. The van der Waals surface area contributed by atoms with Crippen molar-refractivity contribution in [1.29, 1.82) is 0 Å². The number of carboxylic acid groups (broad SMARTS) is 1. The fourth-order valence-electron chi connectivity index (χ4n) is 2.45. The summed E-state index contributed by atoms with van der Waals surface area (Å²) in [5, 5.41) is 12.4. The van der Waals surface area contributed by atoms with E-state index < -0.39 is 17.3 Å². The minimum absolute atomic E-state index is 0.167. The number of hydrogen-bond donors (Lipinski definition) is 3. The van der Waals surface area contributed by atoms with Crippen molar-refractivity contribution in [2.45, 2.75) is 25.7 Å². The van der Waals surface area contributed by atoms with Crippen LogP contribution in [0.5, 0.6) is 0 Å². The van der Waals surface area contributed by atoms with Crippen LogP contribution < -0.4 is 11.1 Å². The second kappa shape index (κ2) is 5.26. The molecule has 1 saturated carbocycles. The lowest BCUT2D eigenvalue weighted by molar-refractivity contribution is -0.147. The first kappa shape index (κ1) is 13.3. The number of carbonyl (C=O) groups excluding carboxylic acids is 1. The number of primary amides is 1. The van der Waals surface area contributed by atoms with Crippen LogP contribution >= 0.6 is 0 Å². The number of nitrogens with two attached hydrogens (primary N) is 1. The fraction of sp³-hybridized carbons (Fsp3) is 0.462. The average Bonchev–Trinajstić information content (AvgIpc) is 2.87. The highest BCUT2D eigenvalue weighted by molar-refractivity contribution is 5.91. The Morgan fingerprint density at radius 3 is 2.63 bits per heavy atom. The van der Waals surface area contributed by atoms with Gasteiger partial charge in [-0.25, -0.2) is 4.98 Å². The normalized spacial score (nSPS) is 17.1. The van der Waals surface area contributed by atoms with Gasteiger partial charge in [0.25, 0.3) is 5.91 Å². The van der Waals surface area contributed by atoms with Gasteiger partial charge in [-0.1, -0.05) is 18.9 Å². The number of nitrogens with one attached hydrogen (secondary N) is 1. The number of rotatable bonds is 5. The average molecular weight is 263 g/mol. The first-order chi connectivity index (χ1) is 9.03. The van der Waals surface area contributed by atoms with Gasteiger partial charge in [-0.3, -0.25) is 9.59 Å². The van der Waals surface area contributed by atoms with Gasteiger partial charge in [-0.2, -0.15) is 0 Å². The van der Waals surface area contributed by atoms with E-state index in [0.29, 0.717) is 25.2 Å². The molecule has 0 saturated heterocycles. The third kappa shape index (κ3) is 2.83. The topological polar surface area (TPSA) is 105 Å². The van der Waals surface area contributed by atoms with Gasteiger partial charge in [0.05, 0.1) is 5.41 Å². The second-order valence-electron chi connectivity index (χ2n) is 4.92. The first-order valence-electron chi connectivity index (χ1n) is 6.28. The monoisotopic (exact) mass is 263 g/mol. The fourth-order valence-corrected chi connectivity index (χ4v) is 2.45. The highest BCUT2D eigenvalue weighted by atomic mass is 16.4. The molecule has 6 nitrogen and oxygen atoms in total. The van der Waals surface area contributed by atoms with E-state index in [2.05, 4.69) is 10.3 Å². The second-order valence-corrected chi connectivity index (χ2v) is 4.92. The van der Waals surface area contributed by atoms with Crippen LogP contribution in [0.25, 0.3) is 0 Å². The van der Waals surface area contributed by atoms with E-state index in [0.717, 1.165) is 12.8 Å². The molecule has 0 aromatic carbocycles. The smallest absolute Gasteiger partial charge is 0.311 e. The van der Waals surface area contributed by atoms with Crippen molar-refractivity contribution in [2.24, 2.45) is 11.1 Å². The Labute approximate surface area is 111 Å². The summed E-state index contributed by atoms with van der Waals surface area (Å²) in [6.07, 6.45) is 3.21. The van der Waals surface area contributed by atoms with E-state index in [9.17, 15) is 14.7 Å². The maximum atomic E-state index is 11.4. The molecular weight excluding hydrogens is 246 g/mol. The molecule has 0 aliphatic heterocycles. The minimum atomic E-state index is -0.774. The van der Waals surface area contributed by atoms with Gasteiger partial charge < -0.3 is 16.2 Å². The van der Waals surface area contributed by atoms with Crippen molar-refractivity contribution < 1.29 is 14.7 Å². The maximum absolute atomic E-state index is 11.4. The molecule has 1 fully saturated rings. The zero-order chi connectivity index (χ0) is 13.9. The Hall–Kier alpha value is -2.11. The third-order valence-corrected chi connectivity index (χ3v) is 3.62. The van der Waals surface area contributed by atoms with Gasteiger partial charge in [0.15, 0.2) is 0 Å². The summed E-state index contributed by atoms with van der Waals surface area (Å²) < 4.78 is 0. The van der Waals surface area contributed by atoms with Gasteiger partial charge in [0, 0.05) is 6.54 Å². The molecule has 0 radical (unpaired) electrons. The Morgan fingerprint density at radius 2 is 2.05 bits per heavy atom. The quantitative estimate of drug-likeness (QED) is 0.741. The first-order valence-corrected chi connectivity index (χ1v) is 6.28. The SMILES string of the molecule is NC(=O)c1cccc(NCC2(C(=O)O)CCCC2)n1. The van der Waals surface area contributed by atoms with Crippen molar-refractivity contribution in [3.8, 4) is 0 Å². The molecule has 0 bridgehead atoms. The van der Waals surface area contributed by atoms with Gasteiger partial charge in [0.2, 0.25) is 0 Å². The van der Waals surface area contributed by atoms with E-state index in [1.807, 2.05) is 0 Å². The summed E-state index contributed by atoms with van der Waals surface area (Å²) in [5.74, 6) is -0.898. The molecule has 2 rings (SSSR count). The highest BCUT2D eigenvalue weighted by Crippen LogP contribution is 2.38. The molecule has 1 heterocycles. The molecule has 1 aliphatic rings. The number of carboxylic acids is 1. The third-order valence-electron chi connectivity index (χ3n) is 3.62. The van der Waals surface area contributed by atoms with Gasteiger partial charge >= 0.3 is 5.97 Å². The predicted molar refractivity (Wildman–Crippen MR) is 69.8 cm³/mol. The van der Waals surface area contributed by atoms with E-state index in [4.69, 9.17) is 5.73 Å². The lowest BCUT2D eigenvalue weighted by Gasteiger charge is -2.24. The molecule has 1 aromatic rings. The van der Waals surface area contributed by atoms with Crippen LogP contribution in [-0.2, 0) is 4.79 Å². The van der Waals surface area contributed by atoms with E-state index >= 15 is 0 Å². The number of carbonyl (C=O) groups is 2. The molecule has 6 heteroatoms. The molecule has 19 heavy (non-hydrogen) atoms. The molecule has 0 spiro atoms. The Bertz CT molecular complexity index is 496. The number of pyridine rings is 1. The largest absolute Gasteiger partial charge is 0.481 e. The molecule has 0 atom stereocenters. The van der Waals surface area contributed by atoms with Crippen molar-refractivity contribution in [3.63, 3.8) is 0 Å².